The lowest BCUT2D eigenvalue weighted by molar-refractivity contribution is -0.383. The fraction of sp³-hybridized carbons (Fsp3) is 0.278. The van der Waals surface area contributed by atoms with E-state index in [1.54, 1.807) is 30.3 Å². The van der Waals surface area contributed by atoms with Gasteiger partial charge in [-0.25, -0.2) is 0 Å². The standard InChI is InChI=1S/C18H18N4O3/c19-12-13-11-14(20-16-3-1-2-4-18(16)22(24)25)5-6-17(13)21-9-7-15(23)8-10-21/h1-6,11,15,20,23H,7-10H2. The number of rotatable bonds is 4. The van der Waals surface area contributed by atoms with Crippen molar-refractivity contribution < 1.29 is 10.0 Å². The first-order valence-corrected chi connectivity index (χ1v) is 8.06. The van der Waals surface area contributed by atoms with E-state index < -0.39 is 4.92 Å². The molecule has 0 saturated carbocycles. The molecular weight excluding hydrogens is 320 g/mol. The van der Waals surface area contributed by atoms with Gasteiger partial charge in [-0.3, -0.25) is 10.1 Å². The van der Waals surface area contributed by atoms with Crippen molar-refractivity contribution in [3.8, 4) is 6.07 Å². The average Bonchev–Trinajstić information content (AvgIpc) is 2.63. The molecule has 0 aliphatic carbocycles. The summed E-state index contributed by atoms with van der Waals surface area (Å²) in [5.41, 5.74) is 2.30. The molecule has 7 nitrogen and oxygen atoms in total. The largest absolute Gasteiger partial charge is 0.393 e. The number of aliphatic hydroxyl groups excluding tert-OH is 1. The van der Waals surface area contributed by atoms with Crippen LogP contribution < -0.4 is 10.2 Å². The Hall–Kier alpha value is -3.11. The molecule has 2 N–H and O–H groups in total. The number of nitro benzene ring substituents is 1. The topological polar surface area (TPSA) is 102 Å². The maximum atomic E-state index is 11.1. The smallest absolute Gasteiger partial charge is 0.292 e. The Morgan fingerprint density at radius 2 is 1.96 bits per heavy atom. The zero-order valence-corrected chi connectivity index (χ0v) is 13.6. The number of benzene rings is 2. The molecule has 1 aliphatic rings. The minimum atomic E-state index is -0.444. The second-order valence-corrected chi connectivity index (χ2v) is 5.96. The lowest BCUT2D eigenvalue weighted by atomic mass is 10.0. The second-order valence-electron chi connectivity index (χ2n) is 5.96. The van der Waals surface area contributed by atoms with Crippen molar-refractivity contribution in [3.63, 3.8) is 0 Å². The molecule has 128 valence electrons. The fourth-order valence-corrected chi connectivity index (χ4v) is 2.98. The van der Waals surface area contributed by atoms with E-state index >= 15 is 0 Å². The predicted octanol–water partition coefficient (Wildman–Crippen LogP) is 3.17. The van der Waals surface area contributed by atoms with Crippen molar-refractivity contribution in [1.82, 2.24) is 0 Å². The molecule has 3 rings (SSSR count). The number of hydrogen-bond acceptors (Lipinski definition) is 6. The van der Waals surface area contributed by atoms with E-state index in [0.29, 0.717) is 42.9 Å². The SMILES string of the molecule is N#Cc1cc(Nc2ccccc2[N+](=O)[O-])ccc1N1CCC(O)CC1. The van der Waals surface area contributed by atoms with E-state index in [1.807, 2.05) is 6.07 Å². The van der Waals surface area contributed by atoms with Crippen LogP contribution in [-0.4, -0.2) is 29.2 Å². The van der Waals surface area contributed by atoms with Gasteiger partial charge in [-0.2, -0.15) is 5.26 Å². The Kier molecular flexibility index (Phi) is 4.82. The Morgan fingerprint density at radius 1 is 1.24 bits per heavy atom. The van der Waals surface area contributed by atoms with E-state index in [1.165, 1.54) is 6.07 Å². The van der Waals surface area contributed by atoms with Crippen LogP contribution in [0, 0.1) is 21.4 Å². The highest BCUT2D eigenvalue weighted by Gasteiger charge is 2.20. The van der Waals surface area contributed by atoms with Crippen LogP contribution in [0.3, 0.4) is 0 Å². The van der Waals surface area contributed by atoms with Crippen molar-refractivity contribution in [3.05, 3.63) is 58.1 Å². The Bertz CT molecular complexity index is 823. The van der Waals surface area contributed by atoms with E-state index in [9.17, 15) is 20.5 Å². The number of aliphatic hydroxyl groups is 1. The zero-order valence-electron chi connectivity index (χ0n) is 13.6. The molecule has 0 bridgehead atoms. The van der Waals surface area contributed by atoms with Crippen LogP contribution >= 0.6 is 0 Å². The Labute approximate surface area is 145 Å². The highest BCUT2D eigenvalue weighted by Crippen LogP contribution is 2.31. The van der Waals surface area contributed by atoms with E-state index in [-0.39, 0.29) is 11.8 Å². The highest BCUT2D eigenvalue weighted by molar-refractivity contribution is 5.73. The molecule has 0 radical (unpaired) electrons. The third kappa shape index (κ3) is 3.70. The summed E-state index contributed by atoms with van der Waals surface area (Å²) < 4.78 is 0. The number of para-hydroxylation sites is 2. The van der Waals surface area contributed by atoms with Gasteiger partial charge in [0.05, 0.1) is 22.3 Å². The molecule has 0 aromatic heterocycles. The lowest BCUT2D eigenvalue weighted by Gasteiger charge is -2.32. The van der Waals surface area contributed by atoms with Crippen LogP contribution in [-0.2, 0) is 0 Å². The third-order valence-electron chi connectivity index (χ3n) is 4.30. The molecule has 25 heavy (non-hydrogen) atoms. The molecule has 2 aromatic carbocycles. The maximum Gasteiger partial charge on any atom is 0.292 e. The molecule has 1 heterocycles. The highest BCUT2D eigenvalue weighted by atomic mass is 16.6. The molecule has 0 spiro atoms. The van der Waals surface area contributed by atoms with Gasteiger partial charge in [0.15, 0.2) is 0 Å². The van der Waals surface area contributed by atoms with Gasteiger partial charge in [0.25, 0.3) is 5.69 Å². The van der Waals surface area contributed by atoms with Gasteiger partial charge >= 0.3 is 0 Å². The van der Waals surface area contributed by atoms with Gasteiger partial charge in [-0.05, 0) is 37.1 Å². The number of nitro groups is 1. The third-order valence-corrected chi connectivity index (χ3v) is 4.30. The molecule has 2 aromatic rings. The molecule has 7 heteroatoms. The van der Waals surface area contributed by atoms with Crippen LogP contribution in [0.15, 0.2) is 42.5 Å². The van der Waals surface area contributed by atoms with Crippen LogP contribution in [0.1, 0.15) is 18.4 Å². The van der Waals surface area contributed by atoms with Gasteiger partial charge in [-0.1, -0.05) is 12.1 Å². The van der Waals surface area contributed by atoms with Crippen molar-refractivity contribution in [1.29, 1.82) is 5.26 Å². The minimum absolute atomic E-state index is 0.0184. The summed E-state index contributed by atoms with van der Waals surface area (Å²) in [6.07, 6.45) is 1.09. The molecule has 0 unspecified atom stereocenters. The summed E-state index contributed by atoms with van der Waals surface area (Å²) in [5, 5.41) is 33.2. The van der Waals surface area contributed by atoms with Crippen molar-refractivity contribution in [2.24, 2.45) is 0 Å². The summed E-state index contributed by atoms with van der Waals surface area (Å²) in [4.78, 5) is 12.7. The monoisotopic (exact) mass is 338 g/mol. The van der Waals surface area contributed by atoms with Crippen LogP contribution in [0.2, 0.25) is 0 Å². The van der Waals surface area contributed by atoms with E-state index in [2.05, 4.69) is 16.3 Å². The number of nitriles is 1. The number of anilines is 3. The lowest BCUT2D eigenvalue weighted by Crippen LogP contribution is -2.36. The molecule has 1 aliphatic heterocycles. The first-order chi connectivity index (χ1) is 12.1. The molecule has 0 atom stereocenters. The summed E-state index contributed by atoms with van der Waals surface area (Å²) in [6, 6.07) is 13.9. The first kappa shape index (κ1) is 16.7. The van der Waals surface area contributed by atoms with E-state index in [0.717, 1.165) is 5.69 Å². The normalized spacial score (nSPS) is 14.8. The van der Waals surface area contributed by atoms with Gasteiger partial charge in [0.2, 0.25) is 0 Å². The Balaban J connectivity index is 1.85. The quantitative estimate of drug-likeness (QED) is 0.656. The summed E-state index contributed by atoms with van der Waals surface area (Å²) in [7, 11) is 0. The number of nitrogens with zero attached hydrogens (tertiary/aromatic N) is 3. The van der Waals surface area contributed by atoms with Crippen LogP contribution in [0.4, 0.5) is 22.7 Å². The summed E-state index contributed by atoms with van der Waals surface area (Å²) in [6.45, 7) is 1.40. The number of nitrogens with one attached hydrogen (secondary N) is 1. The fourth-order valence-electron chi connectivity index (χ4n) is 2.98. The van der Waals surface area contributed by atoms with Crippen molar-refractivity contribution in [2.75, 3.05) is 23.3 Å². The Morgan fingerprint density at radius 3 is 2.64 bits per heavy atom. The van der Waals surface area contributed by atoms with Crippen LogP contribution in [0.25, 0.3) is 0 Å². The maximum absolute atomic E-state index is 11.1. The van der Waals surface area contributed by atoms with Gasteiger partial charge < -0.3 is 15.3 Å². The first-order valence-electron chi connectivity index (χ1n) is 8.06. The number of piperidine rings is 1. The van der Waals surface area contributed by atoms with Crippen LogP contribution in [0.5, 0.6) is 0 Å². The van der Waals surface area contributed by atoms with Gasteiger partial charge in [0, 0.05) is 24.8 Å². The summed E-state index contributed by atoms with van der Waals surface area (Å²) >= 11 is 0. The predicted molar refractivity (Wildman–Crippen MR) is 95.0 cm³/mol. The number of hydrogen-bond donors (Lipinski definition) is 2. The zero-order chi connectivity index (χ0) is 17.8. The minimum Gasteiger partial charge on any atom is -0.393 e. The van der Waals surface area contributed by atoms with Crippen molar-refractivity contribution >= 4 is 22.7 Å². The molecule has 0 amide bonds. The molecular formula is C18H18N4O3. The van der Waals surface area contributed by atoms with E-state index in [4.69, 9.17) is 0 Å². The molecule has 1 fully saturated rings. The van der Waals surface area contributed by atoms with Gasteiger partial charge in [-0.15, -0.1) is 0 Å². The second kappa shape index (κ2) is 7.20. The average molecular weight is 338 g/mol. The van der Waals surface area contributed by atoms with Crippen molar-refractivity contribution in [2.45, 2.75) is 18.9 Å². The summed E-state index contributed by atoms with van der Waals surface area (Å²) in [5.74, 6) is 0. The molecule has 1 saturated heterocycles. The van der Waals surface area contributed by atoms with Gasteiger partial charge in [0.1, 0.15) is 11.8 Å².